The molecule has 1 aliphatic heterocycles. The van der Waals surface area contributed by atoms with Crippen LogP contribution in [0.2, 0.25) is 5.02 Å². The maximum absolute atomic E-state index is 12.9. The number of methoxy groups -OCH3 is 1. The Balaban J connectivity index is 1.73. The lowest BCUT2D eigenvalue weighted by Crippen LogP contribution is -2.41. The van der Waals surface area contributed by atoms with Crippen molar-refractivity contribution in [1.29, 1.82) is 0 Å². The summed E-state index contributed by atoms with van der Waals surface area (Å²) >= 11 is 6.07. The van der Waals surface area contributed by atoms with Crippen LogP contribution in [0.1, 0.15) is 43.6 Å². The second kappa shape index (κ2) is 12.8. The molecule has 1 unspecified atom stereocenters. The lowest BCUT2D eigenvalue weighted by atomic mass is 9.94. The fourth-order valence-electron chi connectivity index (χ4n) is 4.79. The van der Waals surface area contributed by atoms with E-state index in [1.54, 1.807) is 13.2 Å². The van der Waals surface area contributed by atoms with Gasteiger partial charge in [0, 0.05) is 50.6 Å². The number of hydrogen-bond acceptors (Lipinski definition) is 6. The van der Waals surface area contributed by atoms with E-state index in [0.717, 1.165) is 36.3 Å². The van der Waals surface area contributed by atoms with Crippen molar-refractivity contribution in [2.45, 2.75) is 50.7 Å². The van der Waals surface area contributed by atoms with Crippen LogP contribution in [0, 0.1) is 5.92 Å². The predicted octanol–water partition coefficient (Wildman–Crippen LogP) is 6.29. The highest BCUT2D eigenvalue weighted by Gasteiger charge is 2.31. The van der Waals surface area contributed by atoms with Crippen LogP contribution in [0.15, 0.2) is 36.4 Å². The van der Waals surface area contributed by atoms with E-state index in [-0.39, 0.29) is 29.7 Å². The highest BCUT2D eigenvalue weighted by atomic mass is 35.5. The summed E-state index contributed by atoms with van der Waals surface area (Å²) < 4.78 is 41.3. The van der Waals surface area contributed by atoms with Crippen molar-refractivity contribution in [2.24, 2.45) is 5.92 Å². The van der Waals surface area contributed by atoms with Gasteiger partial charge in [-0.05, 0) is 61.4 Å². The Hall–Kier alpha value is -2.62. The molecular weight excluding hydrogens is 506 g/mol. The molecule has 2 N–H and O–H groups in total. The molecule has 0 bridgehead atoms. The zero-order valence-corrected chi connectivity index (χ0v) is 21.6. The van der Waals surface area contributed by atoms with E-state index in [2.05, 4.69) is 15.0 Å². The van der Waals surface area contributed by atoms with Gasteiger partial charge in [0.25, 0.3) is 0 Å². The Morgan fingerprint density at radius 2 is 1.95 bits per heavy atom. The average Bonchev–Trinajstić information content (AvgIpc) is 3.69. The van der Waals surface area contributed by atoms with Crippen LogP contribution >= 0.6 is 11.6 Å². The molecule has 0 radical (unpaired) electrons. The quantitative estimate of drug-likeness (QED) is 0.310. The third kappa shape index (κ3) is 7.69. The summed E-state index contributed by atoms with van der Waals surface area (Å²) in [4.78, 5) is 13.9. The number of carboxylic acids is 1. The van der Waals surface area contributed by atoms with E-state index in [4.69, 9.17) is 21.1 Å². The van der Waals surface area contributed by atoms with Crippen molar-refractivity contribution in [3.8, 4) is 5.75 Å². The van der Waals surface area contributed by atoms with E-state index < -0.39 is 12.6 Å². The van der Waals surface area contributed by atoms with E-state index in [0.29, 0.717) is 30.9 Å². The van der Waals surface area contributed by atoms with Gasteiger partial charge >= 0.3 is 12.6 Å². The first-order chi connectivity index (χ1) is 17.8. The minimum Gasteiger partial charge on any atom is -0.481 e. The van der Waals surface area contributed by atoms with E-state index in [1.807, 2.05) is 18.2 Å². The summed E-state index contributed by atoms with van der Waals surface area (Å²) in [7, 11) is 1.54. The number of alkyl halides is 2. The maximum atomic E-state index is 12.9. The Labute approximate surface area is 220 Å². The van der Waals surface area contributed by atoms with Crippen molar-refractivity contribution in [3.63, 3.8) is 0 Å². The molecule has 1 heterocycles. The first-order valence-electron chi connectivity index (χ1n) is 12.5. The van der Waals surface area contributed by atoms with Crippen LogP contribution in [0.5, 0.6) is 5.75 Å². The average molecular weight is 539 g/mol. The molecule has 4 rings (SSSR count). The molecule has 1 saturated carbocycles. The monoisotopic (exact) mass is 538 g/mol. The van der Waals surface area contributed by atoms with Gasteiger partial charge in [0.05, 0.1) is 29.4 Å². The molecule has 2 aromatic rings. The molecule has 0 aromatic heterocycles. The third-order valence-corrected chi connectivity index (χ3v) is 7.11. The van der Waals surface area contributed by atoms with E-state index in [9.17, 15) is 18.7 Å². The molecule has 2 aromatic carbocycles. The largest absolute Gasteiger partial charge is 0.481 e. The smallest absolute Gasteiger partial charge is 0.387 e. The molecule has 10 heteroatoms. The molecule has 2 aliphatic rings. The van der Waals surface area contributed by atoms with Gasteiger partial charge < -0.3 is 29.5 Å². The number of ether oxygens (including phenoxy) is 3. The summed E-state index contributed by atoms with van der Waals surface area (Å²) in [5.74, 6) is -0.753. The van der Waals surface area contributed by atoms with Crippen molar-refractivity contribution in [3.05, 3.63) is 47.0 Å². The van der Waals surface area contributed by atoms with Gasteiger partial charge in [0.1, 0.15) is 5.75 Å². The topological polar surface area (TPSA) is 80.3 Å². The number of carbonyl (C=O) groups is 1. The van der Waals surface area contributed by atoms with Crippen LogP contribution in [-0.2, 0) is 14.3 Å². The number of benzene rings is 2. The van der Waals surface area contributed by atoms with Crippen molar-refractivity contribution >= 4 is 34.6 Å². The third-order valence-electron chi connectivity index (χ3n) is 6.80. The SMILES string of the molecule is COCC(CC(=O)O)c1ccc(N(CC2CC2)C2CCOCC2)c(Nc2ccc(Cl)c(OC(F)F)c2)c1. The number of carboxylic acid groups (broad SMARTS) is 1. The molecule has 0 spiro atoms. The van der Waals surface area contributed by atoms with Crippen molar-refractivity contribution in [2.75, 3.05) is 43.7 Å². The highest BCUT2D eigenvalue weighted by molar-refractivity contribution is 6.32. The first-order valence-corrected chi connectivity index (χ1v) is 12.9. The highest BCUT2D eigenvalue weighted by Crippen LogP contribution is 2.40. The fraction of sp³-hybridized carbons (Fsp3) is 0.519. The second-order valence-corrected chi connectivity index (χ2v) is 10.0. The van der Waals surface area contributed by atoms with Gasteiger partial charge in [0.15, 0.2) is 0 Å². The summed E-state index contributed by atoms with van der Waals surface area (Å²) in [5, 5.41) is 12.9. The second-order valence-electron chi connectivity index (χ2n) is 9.61. The number of aliphatic carboxylic acids is 1. The minimum absolute atomic E-state index is 0.0777. The standard InChI is InChI=1S/C27H33ClF2N2O5/c1-35-16-19(13-26(33)34)18-4-7-24(32(15-17-2-3-17)21-8-10-36-11-9-21)23(12-18)31-20-5-6-22(28)25(14-20)37-27(29)30/h4-7,12,14,17,19,21,27,31H,2-3,8-11,13,15-16H2,1H3,(H,33,34). The first kappa shape index (κ1) is 27.4. The van der Waals surface area contributed by atoms with E-state index in [1.165, 1.54) is 25.0 Å². The molecular formula is C27H33ClF2N2O5. The molecule has 37 heavy (non-hydrogen) atoms. The number of rotatable bonds is 13. The summed E-state index contributed by atoms with van der Waals surface area (Å²) in [6.07, 6.45) is 4.13. The number of nitrogens with one attached hydrogen (secondary N) is 1. The molecule has 2 fully saturated rings. The summed E-state index contributed by atoms with van der Waals surface area (Å²) in [5.41, 5.74) is 3.06. The molecule has 7 nitrogen and oxygen atoms in total. The Kier molecular flexibility index (Phi) is 9.45. The van der Waals surface area contributed by atoms with Crippen LogP contribution in [-0.4, -0.2) is 57.2 Å². The number of nitrogens with zero attached hydrogens (tertiary/aromatic N) is 1. The van der Waals surface area contributed by atoms with Gasteiger partial charge in [-0.1, -0.05) is 17.7 Å². The van der Waals surface area contributed by atoms with Gasteiger partial charge in [-0.15, -0.1) is 0 Å². The zero-order valence-electron chi connectivity index (χ0n) is 20.8. The number of halogens is 3. The van der Waals surface area contributed by atoms with Gasteiger partial charge in [-0.3, -0.25) is 4.79 Å². The zero-order chi connectivity index (χ0) is 26.4. The Morgan fingerprint density at radius 3 is 2.59 bits per heavy atom. The molecule has 0 amide bonds. The lowest BCUT2D eigenvalue weighted by molar-refractivity contribution is -0.137. The number of anilines is 3. The van der Waals surface area contributed by atoms with Crippen LogP contribution in [0.3, 0.4) is 0 Å². The van der Waals surface area contributed by atoms with E-state index >= 15 is 0 Å². The predicted molar refractivity (Wildman–Crippen MR) is 139 cm³/mol. The minimum atomic E-state index is -3.00. The van der Waals surface area contributed by atoms with Gasteiger partial charge in [-0.25, -0.2) is 0 Å². The Bertz CT molecular complexity index is 1060. The number of hydrogen-bond donors (Lipinski definition) is 2. The molecule has 202 valence electrons. The Morgan fingerprint density at radius 1 is 1.19 bits per heavy atom. The molecule has 1 atom stereocenters. The van der Waals surface area contributed by atoms with Crippen LogP contribution < -0.4 is 15.0 Å². The molecule has 1 aliphatic carbocycles. The fourth-order valence-corrected chi connectivity index (χ4v) is 4.95. The summed E-state index contributed by atoms with van der Waals surface area (Å²) in [6, 6.07) is 10.9. The normalized spacial score (nSPS) is 17.0. The van der Waals surface area contributed by atoms with Gasteiger partial charge in [0.2, 0.25) is 0 Å². The summed E-state index contributed by atoms with van der Waals surface area (Å²) in [6.45, 7) is -0.431. The van der Waals surface area contributed by atoms with Crippen LogP contribution in [0.4, 0.5) is 25.8 Å². The lowest BCUT2D eigenvalue weighted by Gasteiger charge is -2.38. The van der Waals surface area contributed by atoms with Crippen molar-refractivity contribution in [1.82, 2.24) is 0 Å². The molecule has 1 saturated heterocycles. The van der Waals surface area contributed by atoms with Crippen LogP contribution in [0.25, 0.3) is 0 Å². The van der Waals surface area contributed by atoms with Crippen molar-refractivity contribution < 1.29 is 32.9 Å². The van der Waals surface area contributed by atoms with Gasteiger partial charge in [-0.2, -0.15) is 8.78 Å². The maximum Gasteiger partial charge on any atom is 0.387 e.